The van der Waals surface area contributed by atoms with E-state index in [2.05, 4.69) is 10.0 Å². The summed E-state index contributed by atoms with van der Waals surface area (Å²) in [4.78, 5) is 13.8. The largest absolute Gasteiger partial charge is 0.493 e. The summed E-state index contributed by atoms with van der Waals surface area (Å²) >= 11 is 0. The van der Waals surface area contributed by atoms with Gasteiger partial charge in [0.05, 0.1) is 6.61 Å². The molecule has 0 spiro atoms. The van der Waals surface area contributed by atoms with Crippen molar-refractivity contribution in [1.29, 1.82) is 0 Å². The number of carbonyl (C=O) groups excluding carboxylic acids is 1. The second kappa shape index (κ2) is 7.19. The van der Waals surface area contributed by atoms with Crippen molar-refractivity contribution in [2.75, 3.05) is 13.2 Å². The molecule has 18 heavy (non-hydrogen) atoms. The van der Waals surface area contributed by atoms with E-state index in [-0.39, 0.29) is 0 Å². The summed E-state index contributed by atoms with van der Waals surface area (Å²) in [5.41, 5.74) is 14.8. The Morgan fingerprint density at radius 1 is 1.56 bits per heavy atom. The first kappa shape index (κ1) is 13.9. The fourth-order valence-electron chi connectivity index (χ4n) is 1.48. The van der Waals surface area contributed by atoms with Gasteiger partial charge in [-0.2, -0.15) is 0 Å². The summed E-state index contributed by atoms with van der Waals surface area (Å²) < 4.78 is 5.57. The Morgan fingerprint density at radius 2 is 2.33 bits per heavy atom. The quantitative estimate of drug-likeness (QED) is 0.455. The summed E-state index contributed by atoms with van der Waals surface area (Å²) in [5, 5.41) is 3.48. The number of amides is 1. The first-order valence-corrected chi connectivity index (χ1v) is 5.75. The number of hydrogen-bond donors (Lipinski definition) is 1. The minimum Gasteiger partial charge on any atom is -0.493 e. The zero-order valence-electron chi connectivity index (χ0n) is 10.3. The monoisotopic (exact) mass is 248 g/mol. The van der Waals surface area contributed by atoms with Gasteiger partial charge in [-0.1, -0.05) is 18.1 Å². The van der Waals surface area contributed by atoms with Gasteiger partial charge < -0.3 is 10.5 Å². The molecule has 1 amide bonds. The Hall–Kier alpha value is -2.20. The second-order valence-electron chi connectivity index (χ2n) is 3.74. The van der Waals surface area contributed by atoms with E-state index in [9.17, 15) is 4.79 Å². The van der Waals surface area contributed by atoms with Crippen LogP contribution in [0.3, 0.4) is 0 Å². The van der Waals surface area contributed by atoms with E-state index in [4.69, 9.17) is 16.0 Å². The minimum absolute atomic E-state index is 0.356. The van der Waals surface area contributed by atoms with Crippen LogP contribution in [0.15, 0.2) is 23.3 Å². The van der Waals surface area contributed by atoms with E-state index in [1.807, 2.05) is 6.92 Å². The highest BCUT2D eigenvalue weighted by Crippen LogP contribution is 2.21. The third-order valence-corrected chi connectivity index (χ3v) is 2.36. The third-order valence-electron chi connectivity index (χ3n) is 2.36. The summed E-state index contributed by atoms with van der Waals surface area (Å²) in [6.45, 7) is 2.92. The lowest BCUT2D eigenvalue weighted by Gasteiger charge is -2.11. The van der Waals surface area contributed by atoms with Crippen LogP contribution in [0.1, 0.15) is 29.3 Å². The zero-order valence-corrected chi connectivity index (χ0v) is 10.3. The predicted octanol–water partition coefficient (Wildman–Crippen LogP) is 2.43. The van der Waals surface area contributed by atoms with Gasteiger partial charge in [-0.3, -0.25) is 4.79 Å². The molecule has 0 bridgehead atoms. The average Bonchev–Trinajstić information content (AvgIpc) is 2.37. The van der Waals surface area contributed by atoms with Gasteiger partial charge in [-0.25, -0.2) is 0 Å². The smallest absolute Gasteiger partial charge is 0.248 e. The Bertz CT molecular complexity index is 467. The number of azide groups is 1. The van der Waals surface area contributed by atoms with Crippen molar-refractivity contribution < 1.29 is 9.53 Å². The molecular weight excluding hydrogens is 232 g/mol. The van der Waals surface area contributed by atoms with Gasteiger partial charge in [0.1, 0.15) is 5.75 Å². The molecule has 6 nitrogen and oxygen atoms in total. The van der Waals surface area contributed by atoms with Crippen LogP contribution in [0.5, 0.6) is 5.75 Å². The van der Waals surface area contributed by atoms with Crippen LogP contribution in [0.2, 0.25) is 0 Å². The van der Waals surface area contributed by atoms with Crippen molar-refractivity contribution in [3.63, 3.8) is 0 Å². The molecule has 1 aromatic rings. The summed E-state index contributed by atoms with van der Waals surface area (Å²) in [7, 11) is 0. The maximum Gasteiger partial charge on any atom is 0.248 e. The molecule has 1 rings (SSSR count). The van der Waals surface area contributed by atoms with Gasteiger partial charge in [0.2, 0.25) is 5.91 Å². The number of ether oxygens (including phenoxy) is 1. The molecule has 0 unspecified atom stereocenters. The summed E-state index contributed by atoms with van der Waals surface area (Å²) in [6, 6.07) is 5.05. The highest BCUT2D eigenvalue weighted by Gasteiger charge is 2.08. The number of hydrogen-bond acceptors (Lipinski definition) is 3. The van der Waals surface area contributed by atoms with Crippen LogP contribution in [0.4, 0.5) is 0 Å². The Morgan fingerprint density at radius 3 is 2.94 bits per heavy atom. The molecule has 0 aliphatic heterocycles. The lowest BCUT2D eigenvalue weighted by atomic mass is 10.1. The van der Waals surface area contributed by atoms with E-state index in [1.165, 1.54) is 0 Å². The van der Waals surface area contributed by atoms with Crippen LogP contribution in [-0.4, -0.2) is 19.1 Å². The molecule has 0 atom stereocenters. The molecule has 96 valence electrons. The van der Waals surface area contributed by atoms with Gasteiger partial charge >= 0.3 is 0 Å². The van der Waals surface area contributed by atoms with Gasteiger partial charge in [-0.05, 0) is 36.1 Å². The zero-order chi connectivity index (χ0) is 13.4. The molecule has 0 aliphatic carbocycles. The van der Waals surface area contributed by atoms with Crippen molar-refractivity contribution >= 4 is 5.91 Å². The van der Waals surface area contributed by atoms with Crippen molar-refractivity contribution in [1.82, 2.24) is 0 Å². The van der Waals surface area contributed by atoms with Gasteiger partial charge in [0.15, 0.2) is 0 Å². The fraction of sp³-hybridized carbons (Fsp3) is 0.417. The molecule has 0 saturated carbocycles. The van der Waals surface area contributed by atoms with Gasteiger partial charge in [-0.15, -0.1) is 0 Å². The van der Waals surface area contributed by atoms with Gasteiger partial charge in [0, 0.05) is 17.0 Å². The maximum absolute atomic E-state index is 11.1. The van der Waals surface area contributed by atoms with E-state index < -0.39 is 5.91 Å². The highest BCUT2D eigenvalue weighted by atomic mass is 16.5. The first-order valence-electron chi connectivity index (χ1n) is 5.75. The van der Waals surface area contributed by atoms with E-state index in [1.54, 1.807) is 18.2 Å². The van der Waals surface area contributed by atoms with Gasteiger partial charge in [0.25, 0.3) is 0 Å². The molecule has 0 aliphatic rings. The Labute approximate surface area is 105 Å². The number of benzene rings is 1. The van der Waals surface area contributed by atoms with Crippen LogP contribution < -0.4 is 10.5 Å². The molecule has 0 aromatic heterocycles. The Balaban J connectivity index is 2.92. The first-order chi connectivity index (χ1) is 8.69. The highest BCUT2D eigenvalue weighted by molar-refractivity contribution is 5.93. The number of carbonyl (C=O) groups is 1. The van der Waals surface area contributed by atoms with Crippen molar-refractivity contribution in [2.24, 2.45) is 10.8 Å². The van der Waals surface area contributed by atoms with Crippen LogP contribution in [0, 0.1) is 0 Å². The minimum atomic E-state index is -0.488. The summed E-state index contributed by atoms with van der Waals surface area (Å²) in [5.74, 6) is 0.138. The van der Waals surface area contributed by atoms with E-state index >= 15 is 0 Å². The van der Waals surface area contributed by atoms with Crippen molar-refractivity contribution in [3.05, 3.63) is 39.8 Å². The van der Waals surface area contributed by atoms with Crippen LogP contribution >= 0.6 is 0 Å². The predicted molar refractivity (Wildman–Crippen MR) is 68.5 cm³/mol. The molecule has 2 N–H and O–H groups in total. The molecule has 0 fully saturated rings. The number of nitrogens with two attached hydrogens (primary N) is 1. The topological polar surface area (TPSA) is 101 Å². The number of primary amides is 1. The lowest BCUT2D eigenvalue weighted by molar-refractivity contribution is 0.1000. The Kier molecular flexibility index (Phi) is 5.54. The SMILES string of the molecule is CCCOc1cc(C(N)=O)ccc1CCN=[N+]=[N-]. The number of rotatable bonds is 7. The second-order valence-corrected chi connectivity index (χ2v) is 3.74. The van der Waals surface area contributed by atoms with Crippen LogP contribution in [-0.2, 0) is 6.42 Å². The van der Waals surface area contributed by atoms with E-state index in [0.29, 0.717) is 30.9 Å². The molecule has 6 heteroatoms. The normalized spacial score (nSPS) is 9.61. The maximum atomic E-state index is 11.1. The fourth-order valence-corrected chi connectivity index (χ4v) is 1.48. The summed E-state index contributed by atoms with van der Waals surface area (Å²) in [6.07, 6.45) is 1.44. The molecular formula is C12H16N4O2. The van der Waals surface area contributed by atoms with Crippen LogP contribution in [0.25, 0.3) is 10.4 Å². The molecule has 1 aromatic carbocycles. The molecule has 0 saturated heterocycles. The van der Waals surface area contributed by atoms with Crippen molar-refractivity contribution in [2.45, 2.75) is 19.8 Å². The average molecular weight is 248 g/mol. The third kappa shape index (κ3) is 3.99. The number of nitrogens with zero attached hydrogens (tertiary/aromatic N) is 3. The standard InChI is InChI=1S/C12H16N4O2/c1-2-7-18-11-8-10(12(13)17)4-3-9(11)5-6-15-16-14/h3-4,8H,2,5-7H2,1H3,(H2,13,17). The van der Waals surface area contributed by atoms with Crippen molar-refractivity contribution in [3.8, 4) is 5.75 Å². The lowest BCUT2D eigenvalue weighted by Crippen LogP contribution is -2.12. The molecule has 0 heterocycles. The molecule has 0 radical (unpaired) electrons. The van der Waals surface area contributed by atoms with E-state index in [0.717, 1.165) is 12.0 Å².